The topological polar surface area (TPSA) is 92.6 Å². The zero-order valence-electron chi connectivity index (χ0n) is 20.7. The molecule has 1 amide bonds. The molecule has 0 radical (unpaired) electrons. The predicted molar refractivity (Wildman–Crippen MR) is 137 cm³/mol. The van der Waals surface area contributed by atoms with Crippen LogP contribution in [0.15, 0.2) is 35.3 Å². The molecule has 0 aliphatic carbocycles. The first-order valence-corrected chi connectivity index (χ1v) is 12.0. The Kier molecular flexibility index (Phi) is 7.28. The summed E-state index contributed by atoms with van der Waals surface area (Å²) in [4.78, 5) is 38.1. The Morgan fingerprint density at radius 1 is 1.20 bits per heavy atom. The minimum Gasteiger partial charge on any atom is -0.478 e. The number of halogens is 1. The van der Waals surface area contributed by atoms with E-state index < -0.39 is 0 Å². The highest BCUT2D eigenvalue weighted by molar-refractivity contribution is 6.31. The summed E-state index contributed by atoms with van der Waals surface area (Å²) in [6, 6.07) is 8.31. The number of carbonyl (C=O) groups excluding carboxylic acids is 1. The van der Waals surface area contributed by atoms with Crippen LogP contribution in [-0.4, -0.2) is 71.2 Å². The SMILES string of the molecule is CNC(=O)COc1cc2cc(Cc3nc(N4C[C@@H](C)N(C)[C@@H](C)C4)ncc3Cl)ccc2n(C)c1=O. The maximum absolute atomic E-state index is 12.6. The van der Waals surface area contributed by atoms with Gasteiger partial charge in [0.1, 0.15) is 0 Å². The van der Waals surface area contributed by atoms with Gasteiger partial charge in [-0.25, -0.2) is 9.97 Å². The van der Waals surface area contributed by atoms with Gasteiger partial charge >= 0.3 is 0 Å². The Hall–Kier alpha value is -3.17. The lowest BCUT2D eigenvalue weighted by Crippen LogP contribution is -2.55. The van der Waals surface area contributed by atoms with Gasteiger partial charge < -0.3 is 19.5 Å². The van der Waals surface area contributed by atoms with Crippen molar-refractivity contribution in [3.63, 3.8) is 0 Å². The van der Waals surface area contributed by atoms with Gasteiger partial charge in [-0.2, -0.15) is 0 Å². The molecule has 1 fully saturated rings. The number of hydrogen-bond acceptors (Lipinski definition) is 7. The molecule has 35 heavy (non-hydrogen) atoms. The van der Waals surface area contributed by atoms with Crippen LogP contribution in [0.4, 0.5) is 5.95 Å². The van der Waals surface area contributed by atoms with Crippen LogP contribution in [0.1, 0.15) is 25.1 Å². The lowest BCUT2D eigenvalue weighted by Gasteiger charge is -2.42. The molecule has 1 saturated heterocycles. The predicted octanol–water partition coefficient (Wildman–Crippen LogP) is 2.23. The molecule has 3 heterocycles. The average molecular weight is 499 g/mol. The normalized spacial score (nSPS) is 18.6. The summed E-state index contributed by atoms with van der Waals surface area (Å²) in [5.74, 6) is 0.505. The molecule has 1 aromatic carbocycles. The minimum absolute atomic E-state index is 0.126. The van der Waals surface area contributed by atoms with Gasteiger partial charge in [-0.3, -0.25) is 14.5 Å². The zero-order chi connectivity index (χ0) is 25.3. The summed E-state index contributed by atoms with van der Waals surface area (Å²) >= 11 is 6.48. The number of fused-ring (bicyclic) bond motifs is 1. The number of rotatable bonds is 6. The molecular formula is C25H31ClN6O3. The molecule has 0 unspecified atom stereocenters. The fraction of sp³-hybridized carbons (Fsp3) is 0.440. The summed E-state index contributed by atoms with van der Waals surface area (Å²) < 4.78 is 6.98. The molecule has 4 rings (SSSR count). The second-order valence-electron chi connectivity index (χ2n) is 9.14. The Morgan fingerprint density at radius 2 is 1.91 bits per heavy atom. The van der Waals surface area contributed by atoms with Gasteiger partial charge in [0.05, 0.1) is 22.4 Å². The van der Waals surface area contributed by atoms with Crippen LogP contribution in [0.3, 0.4) is 0 Å². The van der Waals surface area contributed by atoms with Crippen molar-refractivity contribution in [1.82, 2.24) is 24.8 Å². The fourth-order valence-electron chi connectivity index (χ4n) is 4.36. The third kappa shape index (κ3) is 5.26. The lowest BCUT2D eigenvalue weighted by molar-refractivity contribution is -0.122. The monoisotopic (exact) mass is 498 g/mol. The molecule has 2 aromatic heterocycles. The number of piperazine rings is 1. The van der Waals surface area contributed by atoms with Gasteiger partial charge in [-0.05, 0) is 44.7 Å². The number of aromatic nitrogens is 3. The summed E-state index contributed by atoms with van der Waals surface area (Å²) in [7, 11) is 5.35. The van der Waals surface area contributed by atoms with Crippen LogP contribution in [0.5, 0.6) is 5.75 Å². The lowest BCUT2D eigenvalue weighted by atomic mass is 10.1. The zero-order valence-corrected chi connectivity index (χ0v) is 21.5. The molecule has 2 atom stereocenters. The Morgan fingerprint density at radius 3 is 2.60 bits per heavy atom. The number of carbonyl (C=O) groups is 1. The number of aryl methyl sites for hydroxylation is 1. The third-order valence-corrected chi connectivity index (χ3v) is 7.03. The number of pyridine rings is 1. The highest BCUT2D eigenvalue weighted by Crippen LogP contribution is 2.25. The second-order valence-corrected chi connectivity index (χ2v) is 9.54. The second kappa shape index (κ2) is 10.2. The number of ether oxygens (including phenoxy) is 1. The van der Waals surface area contributed by atoms with Crippen molar-refractivity contribution in [2.24, 2.45) is 7.05 Å². The molecular weight excluding hydrogens is 468 g/mol. The van der Waals surface area contributed by atoms with Crippen LogP contribution in [-0.2, 0) is 18.3 Å². The van der Waals surface area contributed by atoms with E-state index in [9.17, 15) is 9.59 Å². The number of nitrogens with one attached hydrogen (secondary N) is 1. The molecule has 10 heteroatoms. The van der Waals surface area contributed by atoms with Crippen LogP contribution < -0.4 is 20.5 Å². The van der Waals surface area contributed by atoms with Gasteiger partial charge in [0.25, 0.3) is 11.5 Å². The van der Waals surface area contributed by atoms with Gasteiger partial charge in [0, 0.05) is 51.1 Å². The van der Waals surface area contributed by atoms with Crippen molar-refractivity contribution in [3.8, 4) is 5.75 Å². The first-order chi connectivity index (χ1) is 16.7. The smallest absolute Gasteiger partial charge is 0.293 e. The van der Waals surface area contributed by atoms with E-state index in [4.69, 9.17) is 21.3 Å². The number of nitrogens with zero attached hydrogens (tertiary/aromatic N) is 5. The van der Waals surface area contributed by atoms with Gasteiger partial charge in [-0.15, -0.1) is 0 Å². The van der Waals surface area contributed by atoms with Crippen molar-refractivity contribution in [2.45, 2.75) is 32.4 Å². The van der Waals surface area contributed by atoms with Crippen LogP contribution in [0.2, 0.25) is 5.02 Å². The standard InChI is InChI=1S/C25H31ClN6O3/c1-15-12-32(13-16(2)30(15)4)25-28-11-19(26)20(29-25)9-17-6-7-21-18(8-17)10-22(24(34)31(21)5)35-14-23(33)27-3/h6-8,10-11,15-16H,9,12-14H2,1-5H3,(H,27,33)/t15-,16+. The summed E-state index contributed by atoms with van der Waals surface area (Å²) in [6.07, 6.45) is 2.18. The highest BCUT2D eigenvalue weighted by Gasteiger charge is 2.28. The Labute approximate surface area is 209 Å². The fourth-order valence-corrected chi connectivity index (χ4v) is 4.52. The number of anilines is 1. The summed E-state index contributed by atoms with van der Waals surface area (Å²) in [5, 5.41) is 3.82. The number of likely N-dealkylation sites (N-methyl/N-ethyl adjacent to an activating group) is 2. The van der Waals surface area contributed by atoms with Crippen molar-refractivity contribution in [1.29, 1.82) is 0 Å². The molecule has 1 aliphatic rings. The maximum atomic E-state index is 12.6. The van der Waals surface area contributed by atoms with Gasteiger partial charge in [-0.1, -0.05) is 17.7 Å². The first kappa shape index (κ1) is 24.9. The minimum atomic E-state index is -0.306. The molecule has 0 bridgehead atoms. The summed E-state index contributed by atoms with van der Waals surface area (Å²) in [5.41, 5.74) is 2.20. The van der Waals surface area contributed by atoms with E-state index in [0.717, 1.165) is 35.2 Å². The van der Waals surface area contributed by atoms with Crippen molar-refractivity contribution in [2.75, 3.05) is 38.7 Å². The molecule has 9 nitrogen and oxygen atoms in total. The van der Waals surface area contributed by atoms with E-state index in [-0.39, 0.29) is 23.8 Å². The van der Waals surface area contributed by atoms with Crippen molar-refractivity contribution in [3.05, 3.63) is 57.1 Å². The average Bonchev–Trinajstić information content (AvgIpc) is 2.84. The van der Waals surface area contributed by atoms with Crippen LogP contribution >= 0.6 is 11.6 Å². The van der Waals surface area contributed by atoms with Crippen LogP contribution in [0, 0.1) is 0 Å². The Bertz CT molecular complexity index is 1300. The Balaban J connectivity index is 1.61. The molecule has 1 aliphatic heterocycles. The first-order valence-electron chi connectivity index (χ1n) is 11.6. The maximum Gasteiger partial charge on any atom is 0.293 e. The quantitative estimate of drug-likeness (QED) is 0.557. The molecule has 0 saturated carbocycles. The largest absolute Gasteiger partial charge is 0.478 e. The van der Waals surface area contributed by atoms with Gasteiger partial charge in [0.15, 0.2) is 12.4 Å². The van der Waals surface area contributed by atoms with E-state index in [1.165, 1.54) is 11.6 Å². The molecule has 3 aromatic rings. The molecule has 186 valence electrons. The van der Waals surface area contributed by atoms with E-state index in [2.05, 4.69) is 41.0 Å². The highest BCUT2D eigenvalue weighted by atomic mass is 35.5. The van der Waals surface area contributed by atoms with E-state index >= 15 is 0 Å². The number of benzene rings is 1. The van der Waals surface area contributed by atoms with Crippen molar-refractivity contribution >= 4 is 34.4 Å². The van der Waals surface area contributed by atoms with E-state index in [1.807, 2.05) is 18.2 Å². The summed E-state index contributed by atoms with van der Waals surface area (Å²) in [6.45, 7) is 5.89. The molecule has 0 spiro atoms. The number of amides is 1. The molecule has 1 N–H and O–H groups in total. The van der Waals surface area contributed by atoms with Crippen LogP contribution in [0.25, 0.3) is 10.9 Å². The number of hydrogen-bond donors (Lipinski definition) is 1. The van der Waals surface area contributed by atoms with E-state index in [1.54, 1.807) is 19.3 Å². The van der Waals surface area contributed by atoms with Gasteiger partial charge in [0.2, 0.25) is 5.95 Å². The van der Waals surface area contributed by atoms with Crippen molar-refractivity contribution < 1.29 is 9.53 Å². The third-order valence-electron chi connectivity index (χ3n) is 6.71. The van der Waals surface area contributed by atoms with E-state index in [0.29, 0.717) is 29.5 Å².